The molecule has 0 aliphatic carbocycles. The second-order valence-corrected chi connectivity index (χ2v) is 6.77. The van der Waals surface area contributed by atoms with Gasteiger partial charge in [0.1, 0.15) is 6.61 Å². The zero-order valence-electron chi connectivity index (χ0n) is 15.5. The molecule has 2 aromatic carbocycles. The highest BCUT2D eigenvalue weighted by Crippen LogP contribution is 2.31. The lowest BCUT2D eigenvalue weighted by Crippen LogP contribution is -2.02. The third-order valence-electron chi connectivity index (χ3n) is 3.87. The van der Waals surface area contributed by atoms with Crippen LogP contribution >= 0.6 is 23.2 Å². The Morgan fingerprint density at radius 3 is 2.54 bits per heavy atom. The minimum absolute atomic E-state index is 0.233. The summed E-state index contributed by atoms with van der Waals surface area (Å²) in [6.45, 7) is 4.49. The van der Waals surface area contributed by atoms with Crippen molar-refractivity contribution in [3.63, 3.8) is 0 Å². The van der Waals surface area contributed by atoms with Crippen LogP contribution in [0.4, 0.5) is 5.95 Å². The Balaban J connectivity index is 1.80. The summed E-state index contributed by atoms with van der Waals surface area (Å²) in [5, 5.41) is 5.43. The Morgan fingerprint density at radius 2 is 1.89 bits per heavy atom. The van der Waals surface area contributed by atoms with Crippen molar-refractivity contribution in [3.05, 3.63) is 69.5 Å². The summed E-state index contributed by atoms with van der Waals surface area (Å²) >= 11 is 12.4. The number of aromatic nitrogens is 2. The maximum absolute atomic E-state index is 6.21. The molecule has 6 nitrogen and oxygen atoms in total. The topological polar surface area (TPSA) is 74.7 Å². The van der Waals surface area contributed by atoms with Crippen LogP contribution in [0.2, 0.25) is 10.0 Å². The summed E-state index contributed by atoms with van der Waals surface area (Å²) in [6, 6.07) is 10.9. The summed E-state index contributed by atoms with van der Waals surface area (Å²) in [4.78, 5) is 4.11. The molecule has 1 aromatic heterocycles. The van der Waals surface area contributed by atoms with E-state index >= 15 is 0 Å². The number of nitrogen functional groups attached to an aromatic ring is 1. The first-order valence-electron chi connectivity index (χ1n) is 8.66. The predicted molar refractivity (Wildman–Crippen MR) is 113 cm³/mol. The maximum Gasteiger partial charge on any atom is 0.221 e. The fourth-order valence-electron chi connectivity index (χ4n) is 2.54. The van der Waals surface area contributed by atoms with Gasteiger partial charge in [0.25, 0.3) is 0 Å². The third kappa shape index (κ3) is 4.77. The number of hydrogen-bond acceptors (Lipinski definition) is 5. The number of aryl methyl sites for hydroxylation is 1. The number of ether oxygens (including phenoxy) is 2. The standard InChI is InChI=1S/C20H20Cl2N4O2/c1-3-27-19-9-14(10-24-26-11-13(2)25-20(26)23)7-8-18(19)28-12-15-16(21)5-4-6-17(15)22/h4-11H,3,12H2,1-2H3,(H2,23,25). The number of nitrogens with zero attached hydrogens (tertiary/aromatic N) is 3. The zero-order valence-corrected chi connectivity index (χ0v) is 17.0. The molecular weight excluding hydrogens is 399 g/mol. The fourth-order valence-corrected chi connectivity index (χ4v) is 3.04. The van der Waals surface area contributed by atoms with E-state index in [1.807, 2.05) is 32.0 Å². The van der Waals surface area contributed by atoms with Crippen LogP contribution in [0.5, 0.6) is 11.5 Å². The molecule has 0 unspecified atom stereocenters. The lowest BCUT2D eigenvalue weighted by Gasteiger charge is -2.14. The molecule has 3 aromatic rings. The first kappa shape index (κ1) is 20.0. The quantitative estimate of drug-likeness (QED) is 0.551. The van der Waals surface area contributed by atoms with Gasteiger partial charge in [-0.05, 0) is 49.7 Å². The Bertz CT molecular complexity index is 982. The van der Waals surface area contributed by atoms with Crippen LogP contribution in [0.15, 0.2) is 47.7 Å². The van der Waals surface area contributed by atoms with Crippen molar-refractivity contribution in [2.24, 2.45) is 5.10 Å². The SMILES string of the molecule is CCOc1cc(C=Nn2cc(C)nc2N)ccc1OCc1c(Cl)cccc1Cl. The van der Waals surface area contributed by atoms with Gasteiger partial charge >= 0.3 is 0 Å². The summed E-state index contributed by atoms with van der Waals surface area (Å²) < 4.78 is 13.1. The van der Waals surface area contributed by atoms with Crippen LogP contribution in [-0.4, -0.2) is 22.5 Å². The Morgan fingerprint density at radius 1 is 1.14 bits per heavy atom. The Kier molecular flexibility index (Phi) is 6.44. The zero-order chi connectivity index (χ0) is 20.1. The average molecular weight is 419 g/mol. The molecule has 0 saturated heterocycles. The van der Waals surface area contributed by atoms with Crippen LogP contribution in [-0.2, 0) is 6.61 Å². The van der Waals surface area contributed by atoms with Gasteiger partial charge in [0, 0.05) is 15.6 Å². The van der Waals surface area contributed by atoms with E-state index in [4.69, 9.17) is 38.4 Å². The number of benzene rings is 2. The van der Waals surface area contributed by atoms with Gasteiger partial charge in [0.05, 0.1) is 24.7 Å². The molecule has 1 heterocycles. The summed E-state index contributed by atoms with van der Waals surface area (Å²) in [6.07, 6.45) is 3.43. The Hall–Kier alpha value is -2.70. The lowest BCUT2D eigenvalue weighted by atomic mass is 10.2. The highest BCUT2D eigenvalue weighted by Gasteiger charge is 2.10. The van der Waals surface area contributed by atoms with Gasteiger partial charge in [-0.3, -0.25) is 0 Å². The van der Waals surface area contributed by atoms with Gasteiger partial charge in [-0.25, -0.2) is 9.66 Å². The van der Waals surface area contributed by atoms with Gasteiger partial charge in [-0.15, -0.1) is 0 Å². The first-order chi connectivity index (χ1) is 13.5. The average Bonchev–Trinajstić information content (AvgIpc) is 2.98. The van der Waals surface area contributed by atoms with E-state index in [0.29, 0.717) is 34.1 Å². The molecule has 0 bridgehead atoms. The highest BCUT2D eigenvalue weighted by atomic mass is 35.5. The molecule has 0 aliphatic heterocycles. The number of nitrogens with two attached hydrogens (primary N) is 1. The molecule has 28 heavy (non-hydrogen) atoms. The second kappa shape index (κ2) is 8.99. The summed E-state index contributed by atoms with van der Waals surface area (Å²) in [7, 11) is 0. The number of rotatable bonds is 7. The van der Waals surface area contributed by atoms with Crippen molar-refractivity contribution in [3.8, 4) is 11.5 Å². The minimum atomic E-state index is 0.233. The number of hydrogen-bond donors (Lipinski definition) is 1. The molecule has 0 aliphatic rings. The van der Waals surface area contributed by atoms with Crippen molar-refractivity contribution < 1.29 is 9.47 Å². The third-order valence-corrected chi connectivity index (χ3v) is 4.58. The van der Waals surface area contributed by atoms with Gasteiger partial charge in [-0.1, -0.05) is 29.3 Å². The van der Waals surface area contributed by atoms with Gasteiger partial charge in [0.2, 0.25) is 5.95 Å². The van der Waals surface area contributed by atoms with Crippen molar-refractivity contribution in [2.75, 3.05) is 12.3 Å². The monoisotopic (exact) mass is 418 g/mol. The summed E-state index contributed by atoms with van der Waals surface area (Å²) in [5.74, 6) is 1.52. The maximum atomic E-state index is 6.21. The number of halogens is 2. The number of anilines is 1. The molecule has 0 saturated carbocycles. The Labute approximate surface area is 173 Å². The molecule has 0 atom stereocenters. The van der Waals surface area contributed by atoms with Crippen LogP contribution < -0.4 is 15.2 Å². The van der Waals surface area contributed by atoms with E-state index in [9.17, 15) is 0 Å². The molecule has 2 N–H and O–H groups in total. The molecular formula is C20H20Cl2N4O2. The van der Waals surface area contributed by atoms with Crippen LogP contribution in [0.25, 0.3) is 0 Å². The van der Waals surface area contributed by atoms with Crippen molar-refractivity contribution in [1.82, 2.24) is 9.66 Å². The molecule has 3 rings (SSSR count). The number of imidazole rings is 1. The largest absolute Gasteiger partial charge is 0.490 e. The molecule has 8 heteroatoms. The summed E-state index contributed by atoms with van der Waals surface area (Å²) in [5.41, 5.74) is 8.15. The van der Waals surface area contributed by atoms with E-state index < -0.39 is 0 Å². The van der Waals surface area contributed by atoms with E-state index in [0.717, 1.165) is 16.8 Å². The highest BCUT2D eigenvalue weighted by molar-refractivity contribution is 6.35. The normalized spacial score (nSPS) is 11.1. The minimum Gasteiger partial charge on any atom is -0.490 e. The van der Waals surface area contributed by atoms with Crippen LogP contribution in [0.3, 0.4) is 0 Å². The van der Waals surface area contributed by atoms with Crippen LogP contribution in [0.1, 0.15) is 23.7 Å². The first-order valence-corrected chi connectivity index (χ1v) is 9.42. The van der Waals surface area contributed by atoms with E-state index in [2.05, 4.69) is 10.1 Å². The van der Waals surface area contributed by atoms with Crippen LogP contribution in [0, 0.1) is 6.92 Å². The molecule has 146 valence electrons. The second-order valence-electron chi connectivity index (χ2n) is 5.96. The van der Waals surface area contributed by atoms with Gasteiger partial charge < -0.3 is 15.2 Å². The van der Waals surface area contributed by atoms with Crippen molar-refractivity contribution in [1.29, 1.82) is 0 Å². The lowest BCUT2D eigenvalue weighted by molar-refractivity contribution is 0.269. The van der Waals surface area contributed by atoms with Crippen molar-refractivity contribution >= 4 is 35.4 Å². The smallest absolute Gasteiger partial charge is 0.221 e. The molecule has 0 amide bonds. The molecule has 0 radical (unpaired) electrons. The fraction of sp³-hybridized carbons (Fsp3) is 0.200. The van der Waals surface area contributed by atoms with E-state index in [-0.39, 0.29) is 6.61 Å². The molecule has 0 spiro atoms. The van der Waals surface area contributed by atoms with Crippen molar-refractivity contribution in [2.45, 2.75) is 20.5 Å². The van der Waals surface area contributed by atoms with Gasteiger partial charge in [0.15, 0.2) is 11.5 Å². The molecule has 0 fully saturated rings. The predicted octanol–water partition coefficient (Wildman–Crippen LogP) is 4.94. The van der Waals surface area contributed by atoms with E-state index in [1.54, 1.807) is 30.6 Å². The van der Waals surface area contributed by atoms with E-state index in [1.165, 1.54) is 4.68 Å². The van der Waals surface area contributed by atoms with Gasteiger partial charge in [-0.2, -0.15) is 5.10 Å².